The van der Waals surface area contributed by atoms with E-state index in [1.165, 1.54) is 4.80 Å². The van der Waals surface area contributed by atoms with Gasteiger partial charge in [-0.2, -0.15) is 4.80 Å². The monoisotopic (exact) mass is 200 g/mol. The molecule has 5 heteroatoms. The Bertz CT molecular complexity index is 509. The van der Waals surface area contributed by atoms with Crippen molar-refractivity contribution in [2.24, 2.45) is 7.05 Å². The standard InChI is InChI=1S/C10H10N5/c1-3-6-15-12-10(11-13-15)9-5-4-7-14(2)8-9/h1,4-5,7-8H,6H2,2H3/q+1. The Kier molecular flexibility index (Phi) is 2.42. The lowest BCUT2D eigenvalue weighted by atomic mass is 10.3. The summed E-state index contributed by atoms with van der Waals surface area (Å²) >= 11 is 0. The van der Waals surface area contributed by atoms with Crippen molar-refractivity contribution in [3.63, 3.8) is 0 Å². The zero-order valence-electron chi connectivity index (χ0n) is 8.33. The van der Waals surface area contributed by atoms with Crippen LogP contribution in [0.25, 0.3) is 11.4 Å². The van der Waals surface area contributed by atoms with Crippen LogP contribution >= 0.6 is 0 Å². The summed E-state index contributed by atoms with van der Waals surface area (Å²) in [6, 6.07) is 3.86. The SMILES string of the molecule is C#CCn1nnc(-c2ccc[n+](C)c2)n1. The summed E-state index contributed by atoms with van der Waals surface area (Å²) in [4.78, 5) is 1.39. The molecule has 0 bridgehead atoms. The quantitative estimate of drug-likeness (QED) is 0.498. The molecular weight excluding hydrogens is 190 g/mol. The zero-order chi connectivity index (χ0) is 10.7. The van der Waals surface area contributed by atoms with E-state index < -0.39 is 0 Å². The van der Waals surface area contributed by atoms with Gasteiger partial charge < -0.3 is 0 Å². The fraction of sp³-hybridized carbons (Fsp3) is 0.200. The third kappa shape index (κ3) is 1.99. The van der Waals surface area contributed by atoms with Gasteiger partial charge in [-0.15, -0.1) is 16.6 Å². The van der Waals surface area contributed by atoms with Crippen molar-refractivity contribution in [2.45, 2.75) is 6.54 Å². The van der Waals surface area contributed by atoms with Crippen LogP contribution in [-0.2, 0) is 13.6 Å². The van der Waals surface area contributed by atoms with Gasteiger partial charge in [0.15, 0.2) is 12.4 Å². The summed E-state index contributed by atoms with van der Waals surface area (Å²) in [7, 11) is 1.94. The largest absolute Gasteiger partial charge is 0.210 e. The molecule has 0 unspecified atom stereocenters. The van der Waals surface area contributed by atoms with Crippen LogP contribution in [-0.4, -0.2) is 20.2 Å². The van der Waals surface area contributed by atoms with Gasteiger partial charge in [0.25, 0.3) is 0 Å². The summed E-state index contributed by atoms with van der Waals surface area (Å²) in [6.45, 7) is 0.339. The lowest BCUT2D eigenvalue weighted by Gasteiger charge is -1.91. The summed E-state index contributed by atoms with van der Waals surface area (Å²) in [5.74, 6) is 3.04. The molecule has 0 aromatic carbocycles. The molecule has 2 aromatic rings. The maximum absolute atomic E-state index is 5.15. The molecule has 0 radical (unpaired) electrons. The summed E-state index contributed by atoms with van der Waals surface area (Å²) in [6.07, 6.45) is 9.02. The molecule has 0 N–H and O–H groups in total. The average molecular weight is 200 g/mol. The van der Waals surface area contributed by atoms with Crippen molar-refractivity contribution < 1.29 is 4.57 Å². The van der Waals surface area contributed by atoms with Gasteiger partial charge >= 0.3 is 0 Å². The van der Waals surface area contributed by atoms with Gasteiger partial charge in [0.1, 0.15) is 13.6 Å². The van der Waals surface area contributed by atoms with E-state index in [4.69, 9.17) is 6.42 Å². The van der Waals surface area contributed by atoms with Crippen LogP contribution in [0.3, 0.4) is 0 Å². The molecule has 2 heterocycles. The Morgan fingerprint density at radius 2 is 2.47 bits per heavy atom. The molecule has 0 aliphatic rings. The maximum atomic E-state index is 5.15. The number of aryl methyl sites for hydroxylation is 1. The normalized spacial score (nSPS) is 9.87. The summed E-state index contributed by atoms with van der Waals surface area (Å²) < 4.78 is 1.93. The highest BCUT2D eigenvalue weighted by Crippen LogP contribution is 2.09. The zero-order valence-corrected chi connectivity index (χ0v) is 8.33. The first-order chi connectivity index (χ1) is 7.29. The molecule has 74 valence electrons. The molecule has 0 aliphatic carbocycles. The van der Waals surface area contributed by atoms with E-state index in [1.807, 2.05) is 36.1 Å². The van der Waals surface area contributed by atoms with Crippen LogP contribution in [0.5, 0.6) is 0 Å². The molecule has 15 heavy (non-hydrogen) atoms. The Labute approximate surface area is 87.4 Å². The number of nitrogens with zero attached hydrogens (tertiary/aromatic N) is 5. The Hall–Kier alpha value is -2.22. The van der Waals surface area contributed by atoms with Crippen molar-refractivity contribution in [3.8, 4) is 23.7 Å². The molecule has 0 spiro atoms. The number of aromatic nitrogens is 5. The minimum Gasteiger partial charge on any atom is -0.207 e. The van der Waals surface area contributed by atoms with E-state index in [-0.39, 0.29) is 0 Å². The lowest BCUT2D eigenvalue weighted by Crippen LogP contribution is -2.26. The van der Waals surface area contributed by atoms with E-state index >= 15 is 0 Å². The minimum atomic E-state index is 0.339. The molecule has 0 aliphatic heterocycles. The van der Waals surface area contributed by atoms with E-state index in [0.717, 1.165) is 5.56 Å². The van der Waals surface area contributed by atoms with Gasteiger partial charge in [-0.3, -0.25) is 0 Å². The molecule has 0 saturated heterocycles. The van der Waals surface area contributed by atoms with E-state index in [9.17, 15) is 0 Å². The van der Waals surface area contributed by atoms with Crippen molar-refractivity contribution in [1.82, 2.24) is 20.2 Å². The maximum Gasteiger partial charge on any atom is 0.210 e. The molecule has 2 aromatic heterocycles. The van der Waals surface area contributed by atoms with Gasteiger partial charge in [-0.25, -0.2) is 4.57 Å². The van der Waals surface area contributed by atoms with Crippen LogP contribution in [0.4, 0.5) is 0 Å². The molecule has 0 saturated carbocycles. The number of tetrazole rings is 1. The van der Waals surface area contributed by atoms with Gasteiger partial charge in [-0.1, -0.05) is 5.92 Å². The number of rotatable bonds is 2. The molecular formula is C10H10N5+. The smallest absolute Gasteiger partial charge is 0.207 e. The Morgan fingerprint density at radius 3 is 3.20 bits per heavy atom. The highest BCUT2D eigenvalue weighted by molar-refractivity contribution is 5.50. The third-order valence-electron chi connectivity index (χ3n) is 1.88. The fourth-order valence-corrected chi connectivity index (χ4v) is 1.23. The number of hydrogen-bond acceptors (Lipinski definition) is 3. The second kappa shape index (κ2) is 3.88. The predicted octanol–water partition coefficient (Wildman–Crippen LogP) is -0.202. The topological polar surface area (TPSA) is 47.5 Å². The van der Waals surface area contributed by atoms with Crippen molar-refractivity contribution in [3.05, 3.63) is 24.5 Å². The van der Waals surface area contributed by atoms with Crippen molar-refractivity contribution in [2.75, 3.05) is 0 Å². The van der Waals surface area contributed by atoms with Crippen LogP contribution < -0.4 is 4.57 Å². The van der Waals surface area contributed by atoms with Crippen LogP contribution in [0.15, 0.2) is 24.5 Å². The Morgan fingerprint density at radius 1 is 1.60 bits per heavy atom. The summed E-state index contributed by atoms with van der Waals surface area (Å²) in [5, 5.41) is 11.9. The second-order valence-electron chi connectivity index (χ2n) is 3.11. The highest BCUT2D eigenvalue weighted by Gasteiger charge is 2.07. The number of terminal acetylenes is 1. The lowest BCUT2D eigenvalue weighted by molar-refractivity contribution is -0.671. The molecule has 0 atom stereocenters. The van der Waals surface area contributed by atoms with Gasteiger partial charge in [-0.05, 0) is 11.3 Å². The first-order valence-electron chi connectivity index (χ1n) is 4.46. The summed E-state index contributed by atoms with van der Waals surface area (Å²) in [5.41, 5.74) is 0.920. The van der Waals surface area contributed by atoms with Gasteiger partial charge in [0.2, 0.25) is 5.82 Å². The van der Waals surface area contributed by atoms with Crippen molar-refractivity contribution >= 4 is 0 Å². The Balaban J connectivity index is 2.34. The highest BCUT2D eigenvalue weighted by atomic mass is 15.6. The molecule has 0 amide bonds. The third-order valence-corrected chi connectivity index (χ3v) is 1.88. The van der Waals surface area contributed by atoms with E-state index in [0.29, 0.717) is 12.4 Å². The predicted molar refractivity (Wildman–Crippen MR) is 53.3 cm³/mol. The van der Waals surface area contributed by atoms with E-state index in [2.05, 4.69) is 21.3 Å². The minimum absolute atomic E-state index is 0.339. The van der Waals surface area contributed by atoms with Crippen LogP contribution in [0.1, 0.15) is 0 Å². The van der Waals surface area contributed by atoms with Gasteiger partial charge in [0, 0.05) is 6.07 Å². The van der Waals surface area contributed by atoms with Crippen LogP contribution in [0.2, 0.25) is 0 Å². The first-order valence-corrected chi connectivity index (χ1v) is 4.46. The molecule has 5 nitrogen and oxygen atoms in total. The average Bonchev–Trinajstić information content (AvgIpc) is 2.67. The number of hydrogen-bond donors (Lipinski definition) is 0. The van der Waals surface area contributed by atoms with Crippen molar-refractivity contribution in [1.29, 1.82) is 0 Å². The van der Waals surface area contributed by atoms with Gasteiger partial charge in [0.05, 0.1) is 5.56 Å². The first kappa shape index (κ1) is 9.34. The molecule has 2 rings (SSSR count). The van der Waals surface area contributed by atoms with E-state index in [1.54, 1.807) is 0 Å². The fourth-order valence-electron chi connectivity index (χ4n) is 1.23. The second-order valence-corrected chi connectivity index (χ2v) is 3.11. The molecule has 0 fully saturated rings. The van der Waals surface area contributed by atoms with Crippen LogP contribution in [0, 0.1) is 12.3 Å². The number of pyridine rings is 1.